The molecule has 1 heterocycles. The maximum Gasteiger partial charge on any atom is 0.306 e. The average molecular weight is 803 g/mol. The fourth-order valence-corrected chi connectivity index (χ4v) is 5.53. The molecule has 0 aromatic carbocycles. The number of hydrogen-bond donors (Lipinski definition) is 4. The Balaban J connectivity index is 2.63. The number of aliphatic hydroxyl groups excluding tert-OH is 3. The zero-order chi connectivity index (χ0) is 41.3. The van der Waals surface area contributed by atoms with Gasteiger partial charge in [0.2, 0.25) is 0 Å². The second-order valence-electron chi connectivity index (χ2n) is 12.7. The molecule has 1 aliphatic rings. The standard InChI is InChI=1S/C43H62O12S/c1-3-5-7-9-11-13-15-17-18-20-21-23-25-27-29-31-38(44)52-33-36(34-53-43-42(48)41(47)40(46)37(55-43)35-56(49,50)51)54-39(45)32-30-28-26-24-22-19-16-14-12-10-8-6-4-2/h5-22,24,26,36-37,40-43,46-48H,3-4,23,25,27-35H2,1-2H3,(H,49,50,51)/b7-5+,8-6+,11-9+,12-10+,15-13+,16-14+,18-17+,21-20+,22-19+,26-24+/t36?,37-,40-,41?,42?,43+/m1/s1. The number of carbonyl (C=O) groups is 2. The third kappa shape index (κ3) is 26.8. The number of carbonyl (C=O) groups excluding carboxylic acids is 2. The highest BCUT2D eigenvalue weighted by atomic mass is 32.2. The zero-order valence-electron chi connectivity index (χ0n) is 32.7. The van der Waals surface area contributed by atoms with Gasteiger partial charge < -0.3 is 34.3 Å². The van der Waals surface area contributed by atoms with Crippen LogP contribution in [0.1, 0.15) is 78.1 Å². The fraction of sp³-hybridized carbons (Fsp3) is 0.488. The van der Waals surface area contributed by atoms with E-state index in [1.807, 2.05) is 103 Å². The second kappa shape index (κ2) is 32.2. The summed E-state index contributed by atoms with van der Waals surface area (Å²) >= 11 is 0. The molecule has 0 spiro atoms. The van der Waals surface area contributed by atoms with E-state index in [0.29, 0.717) is 19.3 Å². The summed E-state index contributed by atoms with van der Waals surface area (Å²) in [4.78, 5) is 25.2. The molecule has 0 radical (unpaired) electrons. The lowest BCUT2D eigenvalue weighted by atomic mass is 10.00. The van der Waals surface area contributed by atoms with E-state index in [9.17, 15) is 37.9 Å². The van der Waals surface area contributed by atoms with Gasteiger partial charge in [0.15, 0.2) is 12.4 Å². The van der Waals surface area contributed by atoms with Crippen LogP contribution in [0.3, 0.4) is 0 Å². The van der Waals surface area contributed by atoms with Gasteiger partial charge in [-0.25, -0.2) is 0 Å². The molecule has 4 N–H and O–H groups in total. The minimum absolute atomic E-state index is 0.0492. The molecule has 1 saturated heterocycles. The van der Waals surface area contributed by atoms with E-state index in [4.69, 9.17) is 18.9 Å². The SMILES string of the molecule is CC/C=C/C=C/C=C/C=C/C=C/CCCCCC(=O)OCC(CO[C@H]1O[C@H](CS(=O)(=O)O)[C@@H](O)C(O)C1O)OC(=O)CCC/C=C/C=C/C=C/C=C/C=C/CC. The molecule has 0 aromatic rings. The first-order chi connectivity index (χ1) is 27.0. The lowest BCUT2D eigenvalue weighted by molar-refractivity contribution is -0.297. The number of esters is 2. The smallest absolute Gasteiger partial charge is 0.306 e. The summed E-state index contributed by atoms with van der Waals surface area (Å²) in [5, 5.41) is 30.7. The van der Waals surface area contributed by atoms with Crippen LogP contribution in [-0.2, 0) is 38.7 Å². The second-order valence-corrected chi connectivity index (χ2v) is 14.2. The third-order valence-corrected chi connectivity index (χ3v) is 8.54. The van der Waals surface area contributed by atoms with Gasteiger partial charge in [0.1, 0.15) is 36.8 Å². The van der Waals surface area contributed by atoms with Gasteiger partial charge in [0, 0.05) is 12.8 Å². The number of rotatable bonds is 28. The molecular formula is C43H62O12S. The van der Waals surface area contributed by atoms with Gasteiger partial charge in [0.25, 0.3) is 10.1 Å². The first kappa shape index (κ1) is 50.1. The van der Waals surface area contributed by atoms with Gasteiger partial charge in [-0.2, -0.15) is 8.42 Å². The van der Waals surface area contributed by atoms with Crippen molar-refractivity contribution < 1.29 is 56.8 Å². The van der Waals surface area contributed by atoms with Crippen molar-refractivity contribution in [2.24, 2.45) is 0 Å². The average Bonchev–Trinajstić information content (AvgIpc) is 3.16. The van der Waals surface area contributed by atoms with E-state index in [2.05, 4.69) is 32.1 Å². The summed E-state index contributed by atoms with van der Waals surface area (Å²) in [6.07, 6.45) is 35.5. The number of unbranched alkanes of at least 4 members (excludes halogenated alkanes) is 4. The summed E-state index contributed by atoms with van der Waals surface area (Å²) in [5.74, 6) is -2.16. The van der Waals surface area contributed by atoms with Crippen LogP contribution >= 0.6 is 0 Å². The largest absolute Gasteiger partial charge is 0.462 e. The van der Waals surface area contributed by atoms with Crippen molar-refractivity contribution in [1.82, 2.24) is 0 Å². The lowest BCUT2D eigenvalue weighted by Gasteiger charge is -2.40. The van der Waals surface area contributed by atoms with Crippen LogP contribution in [0.15, 0.2) is 122 Å². The van der Waals surface area contributed by atoms with E-state index < -0.39 is 71.2 Å². The molecule has 6 atom stereocenters. The van der Waals surface area contributed by atoms with Crippen molar-refractivity contribution in [3.8, 4) is 0 Å². The van der Waals surface area contributed by atoms with E-state index >= 15 is 0 Å². The van der Waals surface area contributed by atoms with E-state index in [1.54, 1.807) is 0 Å². The Hall–Kier alpha value is -3.95. The Morgan fingerprint density at radius 2 is 1.09 bits per heavy atom. The predicted octanol–water partition coefficient (Wildman–Crippen LogP) is 6.66. The Bertz CT molecular complexity index is 1500. The van der Waals surface area contributed by atoms with Crippen molar-refractivity contribution in [2.45, 2.75) is 115 Å². The molecule has 1 rings (SSSR count). The molecule has 312 valence electrons. The maximum absolute atomic E-state index is 12.7. The zero-order valence-corrected chi connectivity index (χ0v) is 33.5. The molecule has 13 heteroatoms. The molecular weight excluding hydrogens is 741 g/mol. The summed E-state index contributed by atoms with van der Waals surface area (Å²) < 4.78 is 53.7. The lowest BCUT2D eigenvalue weighted by Crippen LogP contribution is -2.60. The summed E-state index contributed by atoms with van der Waals surface area (Å²) in [6.45, 7) is 3.32. The van der Waals surface area contributed by atoms with Gasteiger partial charge in [-0.3, -0.25) is 14.1 Å². The van der Waals surface area contributed by atoms with Crippen LogP contribution in [0, 0.1) is 0 Å². The third-order valence-electron chi connectivity index (χ3n) is 7.79. The van der Waals surface area contributed by atoms with Gasteiger partial charge in [-0.1, -0.05) is 142 Å². The number of allylic oxidation sites excluding steroid dienone is 20. The van der Waals surface area contributed by atoms with Crippen molar-refractivity contribution in [3.63, 3.8) is 0 Å². The molecule has 0 amide bonds. The van der Waals surface area contributed by atoms with Gasteiger partial charge >= 0.3 is 11.9 Å². The summed E-state index contributed by atoms with van der Waals surface area (Å²) in [5.41, 5.74) is 0. The molecule has 0 aromatic heterocycles. The molecule has 12 nitrogen and oxygen atoms in total. The summed E-state index contributed by atoms with van der Waals surface area (Å²) in [6, 6.07) is 0. The molecule has 0 saturated carbocycles. The summed E-state index contributed by atoms with van der Waals surface area (Å²) in [7, 11) is -4.62. The number of ether oxygens (including phenoxy) is 4. The van der Waals surface area contributed by atoms with Gasteiger partial charge in [0.05, 0.1) is 6.61 Å². The quantitative estimate of drug-likeness (QED) is 0.0286. The van der Waals surface area contributed by atoms with Crippen LogP contribution in [-0.4, -0.2) is 96.0 Å². The van der Waals surface area contributed by atoms with Crippen molar-refractivity contribution in [1.29, 1.82) is 0 Å². The van der Waals surface area contributed by atoms with Gasteiger partial charge in [-0.05, 0) is 44.9 Å². The van der Waals surface area contributed by atoms with E-state index in [-0.39, 0.29) is 19.4 Å². The van der Waals surface area contributed by atoms with Crippen LogP contribution in [0.2, 0.25) is 0 Å². The molecule has 3 unspecified atom stereocenters. The van der Waals surface area contributed by atoms with Crippen molar-refractivity contribution in [3.05, 3.63) is 122 Å². The van der Waals surface area contributed by atoms with E-state index in [1.165, 1.54) is 0 Å². The number of hydrogen-bond acceptors (Lipinski definition) is 11. The molecule has 1 aliphatic heterocycles. The fourth-order valence-electron chi connectivity index (χ4n) is 4.84. The molecule has 1 fully saturated rings. The first-order valence-electron chi connectivity index (χ1n) is 19.2. The van der Waals surface area contributed by atoms with Crippen LogP contribution in [0.25, 0.3) is 0 Å². The highest BCUT2D eigenvalue weighted by molar-refractivity contribution is 7.85. The maximum atomic E-state index is 12.7. The van der Waals surface area contributed by atoms with Gasteiger partial charge in [-0.15, -0.1) is 0 Å². The number of aliphatic hydroxyl groups is 3. The Kier molecular flexibility index (Phi) is 28.8. The molecule has 0 aliphatic carbocycles. The molecule has 0 bridgehead atoms. The Morgan fingerprint density at radius 3 is 1.61 bits per heavy atom. The Morgan fingerprint density at radius 1 is 0.607 bits per heavy atom. The van der Waals surface area contributed by atoms with Crippen LogP contribution in [0.5, 0.6) is 0 Å². The topological polar surface area (TPSA) is 186 Å². The molecule has 56 heavy (non-hydrogen) atoms. The first-order valence-corrected chi connectivity index (χ1v) is 20.8. The highest BCUT2D eigenvalue weighted by Gasteiger charge is 2.46. The van der Waals surface area contributed by atoms with Crippen molar-refractivity contribution in [2.75, 3.05) is 19.0 Å². The van der Waals surface area contributed by atoms with Crippen molar-refractivity contribution >= 4 is 22.1 Å². The predicted molar refractivity (Wildman–Crippen MR) is 219 cm³/mol. The minimum Gasteiger partial charge on any atom is -0.462 e. The highest BCUT2D eigenvalue weighted by Crippen LogP contribution is 2.23. The Labute approximate surface area is 333 Å². The van der Waals surface area contributed by atoms with E-state index in [0.717, 1.165) is 32.1 Å². The normalized spacial score (nSPS) is 22.0. The monoisotopic (exact) mass is 802 g/mol. The van der Waals surface area contributed by atoms with Crippen LogP contribution in [0.4, 0.5) is 0 Å². The van der Waals surface area contributed by atoms with Crippen LogP contribution < -0.4 is 0 Å². The minimum atomic E-state index is -4.62.